The standard InChI is InChI=1S/C12H22ClN3OSSi/c1-12(2,3)19(4,5)17-6-7-18-11-9(14)8-10(13)15-16-11/h8H,6-7H2,1-5H3,(H2,14,15). The van der Waals surface area contributed by atoms with Gasteiger partial charge in [-0.3, -0.25) is 0 Å². The summed E-state index contributed by atoms with van der Waals surface area (Å²) >= 11 is 7.25. The Morgan fingerprint density at radius 3 is 2.53 bits per heavy atom. The molecule has 1 rings (SSSR count). The summed E-state index contributed by atoms with van der Waals surface area (Å²) in [5.74, 6) is 0.813. The topological polar surface area (TPSA) is 61.0 Å². The summed E-state index contributed by atoms with van der Waals surface area (Å²) in [6.07, 6.45) is 0. The maximum absolute atomic E-state index is 6.08. The van der Waals surface area contributed by atoms with E-state index in [9.17, 15) is 0 Å². The highest BCUT2D eigenvalue weighted by atomic mass is 35.5. The maximum Gasteiger partial charge on any atom is 0.192 e. The fraction of sp³-hybridized carbons (Fsp3) is 0.667. The first-order valence-electron chi connectivity index (χ1n) is 6.19. The fourth-order valence-electron chi connectivity index (χ4n) is 1.13. The third kappa shape index (κ3) is 4.94. The van der Waals surface area contributed by atoms with E-state index in [-0.39, 0.29) is 5.04 Å². The SMILES string of the molecule is CC(C)(C)[Si](C)(C)OCCSc1nnc(Cl)cc1N. The summed E-state index contributed by atoms with van der Waals surface area (Å²) in [5.41, 5.74) is 6.39. The summed E-state index contributed by atoms with van der Waals surface area (Å²) in [5, 5.41) is 9.02. The molecule has 19 heavy (non-hydrogen) atoms. The van der Waals surface area contributed by atoms with Crippen LogP contribution in [-0.4, -0.2) is 30.9 Å². The minimum atomic E-state index is -1.67. The number of hydrogen-bond acceptors (Lipinski definition) is 5. The molecule has 0 unspecified atom stereocenters. The van der Waals surface area contributed by atoms with E-state index < -0.39 is 8.32 Å². The lowest BCUT2D eigenvalue weighted by Crippen LogP contribution is -2.41. The third-order valence-electron chi connectivity index (χ3n) is 3.35. The summed E-state index contributed by atoms with van der Waals surface area (Å²) < 4.78 is 6.08. The van der Waals surface area contributed by atoms with Crippen molar-refractivity contribution >= 4 is 37.4 Å². The van der Waals surface area contributed by atoms with Gasteiger partial charge in [0.05, 0.1) is 5.69 Å². The van der Waals surface area contributed by atoms with Crippen LogP contribution in [0.25, 0.3) is 0 Å². The van der Waals surface area contributed by atoms with Crippen LogP contribution >= 0.6 is 23.4 Å². The van der Waals surface area contributed by atoms with E-state index in [0.717, 1.165) is 5.75 Å². The second-order valence-corrected chi connectivity index (χ2v) is 12.2. The van der Waals surface area contributed by atoms with E-state index in [1.807, 2.05) is 0 Å². The van der Waals surface area contributed by atoms with Crippen molar-refractivity contribution < 1.29 is 4.43 Å². The molecule has 0 amide bonds. The molecular formula is C12H22ClN3OSSi. The number of nitrogens with zero attached hydrogens (tertiary/aromatic N) is 2. The van der Waals surface area contributed by atoms with Crippen molar-refractivity contribution in [3.63, 3.8) is 0 Å². The molecule has 1 aromatic rings. The molecule has 0 saturated heterocycles. The highest BCUT2D eigenvalue weighted by molar-refractivity contribution is 7.99. The zero-order valence-electron chi connectivity index (χ0n) is 12.2. The molecule has 7 heteroatoms. The van der Waals surface area contributed by atoms with Crippen LogP contribution < -0.4 is 5.73 Å². The minimum absolute atomic E-state index is 0.233. The summed E-state index contributed by atoms with van der Waals surface area (Å²) in [4.78, 5) is 0. The van der Waals surface area contributed by atoms with Crippen LogP contribution in [0.5, 0.6) is 0 Å². The zero-order valence-corrected chi connectivity index (χ0v) is 14.7. The van der Waals surface area contributed by atoms with Crippen LogP contribution in [0, 0.1) is 0 Å². The van der Waals surface area contributed by atoms with Crippen LogP contribution in [0.3, 0.4) is 0 Å². The Morgan fingerprint density at radius 2 is 2.00 bits per heavy atom. The van der Waals surface area contributed by atoms with Gasteiger partial charge in [0.25, 0.3) is 0 Å². The van der Waals surface area contributed by atoms with E-state index in [4.69, 9.17) is 21.8 Å². The Hall–Kier alpha value is -0.303. The predicted molar refractivity (Wildman–Crippen MR) is 85.3 cm³/mol. The van der Waals surface area contributed by atoms with Crippen LogP contribution in [0.15, 0.2) is 11.1 Å². The number of nitrogen functional groups attached to an aromatic ring is 1. The van der Waals surface area contributed by atoms with Crippen molar-refractivity contribution in [3.8, 4) is 0 Å². The molecule has 0 spiro atoms. The lowest BCUT2D eigenvalue weighted by atomic mass is 10.2. The van der Waals surface area contributed by atoms with Crippen molar-refractivity contribution in [1.29, 1.82) is 0 Å². The predicted octanol–water partition coefficient (Wildman–Crippen LogP) is 3.83. The largest absolute Gasteiger partial charge is 0.416 e. The van der Waals surface area contributed by atoms with Crippen LogP contribution in [-0.2, 0) is 4.43 Å². The Balaban J connectivity index is 2.43. The van der Waals surface area contributed by atoms with Gasteiger partial charge in [0, 0.05) is 18.4 Å². The molecule has 4 nitrogen and oxygen atoms in total. The summed E-state index contributed by atoms with van der Waals surface area (Å²) in [7, 11) is -1.67. The maximum atomic E-state index is 6.08. The second kappa shape index (κ2) is 6.43. The molecule has 0 fully saturated rings. The van der Waals surface area contributed by atoms with Crippen molar-refractivity contribution in [2.45, 2.75) is 43.9 Å². The first-order chi connectivity index (χ1) is 8.63. The van der Waals surface area contributed by atoms with Crippen molar-refractivity contribution in [2.75, 3.05) is 18.1 Å². The number of aromatic nitrogens is 2. The average molecular weight is 320 g/mol. The molecule has 0 saturated carbocycles. The van der Waals surface area contributed by atoms with Gasteiger partial charge in [-0.05, 0) is 18.1 Å². The molecule has 0 aromatic carbocycles. The molecule has 1 aromatic heterocycles. The molecule has 2 N–H and O–H groups in total. The van der Waals surface area contributed by atoms with Gasteiger partial charge in [0.15, 0.2) is 13.5 Å². The molecule has 1 heterocycles. The third-order valence-corrected chi connectivity index (χ3v) is 9.03. The van der Waals surface area contributed by atoms with Gasteiger partial charge in [-0.15, -0.1) is 22.0 Å². The lowest BCUT2D eigenvalue weighted by Gasteiger charge is -2.36. The summed E-state index contributed by atoms with van der Waals surface area (Å²) in [6.45, 7) is 11.9. The number of nitrogens with two attached hydrogens (primary N) is 1. The van der Waals surface area contributed by atoms with Gasteiger partial charge in [-0.2, -0.15) is 0 Å². The first kappa shape index (κ1) is 16.8. The molecule has 0 aliphatic carbocycles. The van der Waals surface area contributed by atoms with Gasteiger partial charge >= 0.3 is 0 Å². The van der Waals surface area contributed by atoms with E-state index in [2.05, 4.69) is 44.1 Å². The first-order valence-corrected chi connectivity index (χ1v) is 10.5. The fourth-order valence-corrected chi connectivity index (χ4v) is 3.17. The quantitative estimate of drug-likeness (QED) is 0.508. The number of thioether (sulfide) groups is 1. The average Bonchev–Trinajstić information content (AvgIpc) is 2.25. The Labute approximate surface area is 125 Å². The Bertz CT molecular complexity index is 437. The number of rotatable bonds is 5. The van der Waals surface area contributed by atoms with Gasteiger partial charge in [-0.25, -0.2) is 0 Å². The van der Waals surface area contributed by atoms with Crippen molar-refractivity contribution in [2.24, 2.45) is 0 Å². The Morgan fingerprint density at radius 1 is 1.37 bits per heavy atom. The van der Waals surface area contributed by atoms with Crippen LogP contribution in [0.1, 0.15) is 20.8 Å². The van der Waals surface area contributed by atoms with Gasteiger partial charge in [0.2, 0.25) is 0 Å². The van der Waals surface area contributed by atoms with Gasteiger partial charge in [0.1, 0.15) is 5.03 Å². The van der Waals surface area contributed by atoms with Crippen LogP contribution in [0.2, 0.25) is 23.3 Å². The molecule has 0 bridgehead atoms. The smallest absolute Gasteiger partial charge is 0.192 e. The molecular weight excluding hydrogens is 298 g/mol. The molecule has 0 aliphatic heterocycles. The van der Waals surface area contributed by atoms with E-state index in [0.29, 0.717) is 22.5 Å². The highest BCUT2D eigenvalue weighted by Gasteiger charge is 2.36. The molecule has 108 valence electrons. The molecule has 0 radical (unpaired) electrons. The molecule has 0 aliphatic rings. The number of halogens is 1. The normalized spacial score (nSPS) is 12.7. The lowest BCUT2D eigenvalue weighted by molar-refractivity contribution is 0.311. The number of hydrogen-bond donors (Lipinski definition) is 1. The van der Waals surface area contributed by atoms with E-state index >= 15 is 0 Å². The summed E-state index contributed by atoms with van der Waals surface area (Å²) in [6, 6.07) is 1.62. The number of anilines is 1. The zero-order chi connectivity index (χ0) is 14.7. The Kier molecular flexibility index (Phi) is 5.67. The van der Waals surface area contributed by atoms with Gasteiger partial charge < -0.3 is 10.2 Å². The van der Waals surface area contributed by atoms with Crippen molar-refractivity contribution in [1.82, 2.24) is 10.2 Å². The minimum Gasteiger partial charge on any atom is -0.416 e. The van der Waals surface area contributed by atoms with Crippen LogP contribution in [0.4, 0.5) is 5.69 Å². The van der Waals surface area contributed by atoms with Gasteiger partial charge in [-0.1, -0.05) is 32.4 Å². The molecule has 0 atom stereocenters. The monoisotopic (exact) mass is 319 g/mol. The van der Waals surface area contributed by atoms with E-state index in [1.165, 1.54) is 0 Å². The van der Waals surface area contributed by atoms with Crippen molar-refractivity contribution in [3.05, 3.63) is 11.2 Å². The van der Waals surface area contributed by atoms with E-state index in [1.54, 1.807) is 17.8 Å². The second-order valence-electron chi connectivity index (χ2n) is 5.88. The highest BCUT2D eigenvalue weighted by Crippen LogP contribution is 2.36.